The Balaban J connectivity index is 2.21. The summed E-state index contributed by atoms with van der Waals surface area (Å²) < 4.78 is 31.1. The monoisotopic (exact) mass is 253 g/mol. The molecule has 0 saturated heterocycles. The van der Waals surface area contributed by atoms with Gasteiger partial charge in [-0.1, -0.05) is 11.2 Å². The number of aromatic nitrogens is 2. The van der Waals surface area contributed by atoms with Crippen molar-refractivity contribution in [3.05, 3.63) is 47.1 Å². The van der Waals surface area contributed by atoms with Gasteiger partial charge >= 0.3 is 0 Å². The van der Waals surface area contributed by atoms with Crippen LogP contribution in [0.15, 0.2) is 22.7 Å². The Labute approximate surface area is 103 Å². The second kappa shape index (κ2) is 4.45. The Bertz CT molecular complexity index is 561. The van der Waals surface area contributed by atoms with Crippen molar-refractivity contribution in [2.45, 2.75) is 25.8 Å². The summed E-state index contributed by atoms with van der Waals surface area (Å²) in [6, 6.07) is 3.36. The minimum atomic E-state index is -0.743. The van der Waals surface area contributed by atoms with E-state index in [1.165, 1.54) is 12.1 Å². The fourth-order valence-corrected chi connectivity index (χ4v) is 1.42. The summed E-state index contributed by atoms with van der Waals surface area (Å²) in [5.41, 5.74) is 5.35. The molecule has 96 valence electrons. The number of halogens is 2. The Hall–Kier alpha value is -1.82. The lowest BCUT2D eigenvalue weighted by Gasteiger charge is -2.10. The third-order valence-electron chi connectivity index (χ3n) is 2.38. The average molecular weight is 253 g/mol. The van der Waals surface area contributed by atoms with Gasteiger partial charge in [-0.3, -0.25) is 0 Å². The van der Waals surface area contributed by atoms with Crippen LogP contribution in [0.2, 0.25) is 0 Å². The highest BCUT2D eigenvalue weighted by Crippen LogP contribution is 2.17. The quantitative estimate of drug-likeness (QED) is 0.910. The van der Waals surface area contributed by atoms with E-state index in [2.05, 4.69) is 10.1 Å². The van der Waals surface area contributed by atoms with Crippen LogP contribution in [0.25, 0.3) is 0 Å². The second-order valence-electron chi connectivity index (χ2n) is 4.65. The molecule has 0 aliphatic carbocycles. The molecule has 0 unspecified atom stereocenters. The Morgan fingerprint density at radius 2 is 2.06 bits per heavy atom. The normalized spacial score (nSPS) is 11.8. The molecule has 4 nitrogen and oxygen atoms in total. The average Bonchev–Trinajstić information content (AvgIpc) is 2.70. The lowest BCUT2D eigenvalue weighted by molar-refractivity contribution is 0.310. The van der Waals surface area contributed by atoms with Crippen molar-refractivity contribution in [2.24, 2.45) is 5.73 Å². The van der Waals surface area contributed by atoms with Crippen LogP contribution < -0.4 is 5.73 Å². The van der Waals surface area contributed by atoms with Gasteiger partial charge in [-0.15, -0.1) is 0 Å². The molecule has 2 N–H and O–H groups in total. The zero-order valence-electron chi connectivity index (χ0n) is 10.1. The molecule has 0 aliphatic heterocycles. The maximum Gasteiger partial charge on any atom is 0.246 e. The van der Waals surface area contributed by atoms with Crippen molar-refractivity contribution in [2.75, 3.05) is 0 Å². The minimum Gasteiger partial charge on any atom is -0.337 e. The predicted molar refractivity (Wildman–Crippen MR) is 60.7 cm³/mol. The Morgan fingerprint density at radius 3 is 2.61 bits per heavy atom. The summed E-state index contributed by atoms with van der Waals surface area (Å²) in [6.45, 7) is 3.45. The lowest BCUT2D eigenvalue weighted by atomic mass is 10.1. The van der Waals surface area contributed by atoms with Crippen molar-refractivity contribution in [3.63, 3.8) is 0 Å². The highest BCUT2D eigenvalue weighted by Gasteiger charge is 2.22. The van der Waals surface area contributed by atoms with E-state index in [-0.39, 0.29) is 12.3 Å². The second-order valence-corrected chi connectivity index (χ2v) is 4.65. The summed E-state index contributed by atoms with van der Waals surface area (Å²) in [4.78, 5) is 4.08. The maximum atomic E-state index is 13.4. The maximum absolute atomic E-state index is 13.4. The first-order valence-electron chi connectivity index (χ1n) is 5.42. The van der Waals surface area contributed by atoms with Gasteiger partial charge in [0, 0.05) is 12.5 Å². The van der Waals surface area contributed by atoms with Gasteiger partial charge in [0.25, 0.3) is 0 Å². The molecule has 0 fully saturated rings. The number of benzene rings is 1. The first kappa shape index (κ1) is 12.6. The molecule has 6 heteroatoms. The van der Waals surface area contributed by atoms with Crippen molar-refractivity contribution in [1.82, 2.24) is 10.1 Å². The van der Waals surface area contributed by atoms with Crippen molar-refractivity contribution < 1.29 is 13.3 Å². The zero-order chi connectivity index (χ0) is 13.3. The fourth-order valence-electron chi connectivity index (χ4n) is 1.42. The van der Waals surface area contributed by atoms with Gasteiger partial charge in [0.2, 0.25) is 5.89 Å². The van der Waals surface area contributed by atoms with Crippen LogP contribution in [-0.2, 0) is 12.0 Å². The first-order valence-corrected chi connectivity index (χ1v) is 5.42. The number of hydrogen-bond acceptors (Lipinski definition) is 4. The van der Waals surface area contributed by atoms with E-state index in [4.69, 9.17) is 10.3 Å². The predicted octanol–water partition coefficient (Wildman–Crippen LogP) is 2.13. The van der Waals surface area contributed by atoms with E-state index in [9.17, 15) is 8.78 Å². The summed E-state index contributed by atoms with van der Waals surface area (Å²) in [7, 11) is 0. The van der Waals surface area contributed by atoms with Crippen molar-refractivity contribution in [1.29, 1.82) is 0 Å². The summed E-state index contributed by atoms with van der Waals surface area (Å²) in [6.07, 6.45) is 0.131. The van der Waals surface area contributed by atoms with E-state index in [0.717, 1.165) is 6.07 Å². The lowest BCUT2D eigenvalue weighted by Crippen LogP contribution is -2.29. The standard InChI is InChI=1S/C12H13F2N3O/c1-12(2,15)11-16-10(17-18-11)5-7-3-4-8(13)6-9(7)14/h3-4,6H,5,15H2,1-2H3. The van der Waals surface area contributed by atoms with Gasteiger partial charge in [-0.25, -0.2) is 8.78 Å². The van der Waals surface area contributed by atoms with Crippen LogP contribution in [0.4, 0.5) is 8.78 Å². The van der Waals surface area contributed by atoms with Crippen LogP contribution in [-0.4, -0.2) is 10.1 Å². The molecule has 2 aromatic rings. The van der Waals surface area contributed by atoms with Crippen LogP contribution in [0.3, 0.4) is 0 Å². The molecule has 1 aromatic carbocycles. The number of hydrogen-bond donors (Lipinski definition) is 1. The topological polar surface area (TPSA) is 64.9 Å². The largest absolute Gasteiger partial charge is 0.337 e. The number of rotatable bonds is 3. The van der Waals surface area contributed by atoms with Gasteiger partial charge in [-0.05, 0) is 25.5 Å². The summed E-state index contributed by atoms with van der Waals surface area (Å²) >= 11 is 0. The van der Waals surface area contributed by atoms with Crippen LogP contribution >= 0.6 is 0 Å². The van der Waals surface area contributed by atoms with E-state index < -0.39 is 17.2 Å². The molecule has 0 saturated carbocycles. The Morgan fingerprint density at radius 1 is 1.33 bits per heavy atom. The molecule has 1 aromatic heterocycles. The van der Waals surface area contributed by atoms with Crippen LogP contribution in [0.1, 0.15) is 31.1 Å². The molecule has 0 amide bonds. The third kappa shape index (κ3) is 2.70. The van der Waals surface area contributed by atoms with E-state index >= 15 is 0 Å². The molecule has 0 radical (unpaired) electrons. The van der Waals surface area contributed by atoms with E-state index in [1.807, 2.05) is 0 Å². The van der Waals surface area contributed by atoms with E-state index in [1.54, 1.807) is 13.8 Å². The van der Waals surface area contributed by atoms with Crippen molar-refractivity contribution in [3.8, 4) is 0 Å². The molecular weight excluding hydrogens is 240 g/mol. The van der Waals surface area contributed by atoms with Gasteiger partial charge in [-0.2, -0.15) is 4.98 Å². The fraction of sp³-hybridized carbons (Fsp3) is 0.333. The zero-order valence-corrected chi connectivity index (χ0v) is 10.1. The summed E-state index contributed by atoms with van der Waals surface area (Å²) in [5, 5.41) is 3.71. The molecule has 0 bridgehead atoms. The smallest absolute Gasteiger partial charge is 0.246 e. The van der Waals surface area contributed by atoms with Crippen molar-refractivity contribution >= 4 is 0 Å². The highest BCUT2D eigenvalue weighted by molar-refractivity contribution is 5.21. The van der Waals surface area contributed by atoms with Crippen LogP contribution in [0.5, 0.6) is 0 Å². The molecule has 0 atom stereocenters. The Kier molecular flexibility index (Phi) is 3.13. The molecule has 0 spiro atoms. The van der Waals surface area contributed by atoms with Gasteiger partial charge in [0.15, 0.2) is 5.82 Å². The third-order valence-corrected chi connectivity index (χ3v) is 2.38. The number of nitrogens with two attached hydrogens (primary N) is 1. The molecular formula is C12H13F2N3O. The summed E-state index contributed by atoms with van der Waals surface area (Å²) in [5.74, 6) is -0.657. The van der Waals surface area contributed by atoms with Gasteiger partial charge in [0.05, 0.1) is 5.54 Å². The highest BCUT2D eigenvalue weighted by atomic mass is 19.1. The minimum absolute atomic E-state index is 0.131. The SMILES string of the molecule is CC(C)(N)c1nc(Cc2ccc(F)cc2F)no1. The van der Waals surface area contributed by atoms with Gasteiger partial charge < -0.3 is 10.3 Å². The molecule has 18 heavy (non-hydrogen) atoms. The molecule has 2 rings (SSSR count). The first-order chi connectivity index (χ1) is 8.36. The number of nitrogens with zero attached hydrogens (tertiary/aromatic N) is 2. The van der Waals surface area contributed by atoms with E-state index in [0.29, 0.717) is 11.4 Å². The van der Waals surface area contributed by atoms with Gasteiger partial charge in [0.1, 0.15) is 11.6 Å². The molecule has 1 heterocycles. The van der Waals surface area contributed by atoms with Crippen LogP contribution in [0, 0.1) is 11.6 Å². The molecule has 0 aliphatic rings.